The summed E-state index contributed by atoms with van der Waals surface area (Å²) < 4.78 is 6.27. The van der Waals surface area contributed by atoms with Gasteiger partial charge in [0.2, 0.25) is 0 Å². The SMILES string of the molecule is Cc1nnnn1C(=Cc1ccccc1)C(=O)OCC(=O)Nc1ccccc1[N+](=O)[O-]. The predicted octanol–water partition coefficient (Wildman–Crippen LogP) is 2.07. The lowest BCUT2D eigenvalue weighted by Gasteiger charge is -2.10. The lowest BCUT2D eigenvalue weighted by Crippen LogP contribution is -2.23. The van der Waals surface area contributed by atoms with E-state index in [1.807, 2.05) is 6.07 Å². The molecule has 1 N–H and O–H groups in total. The Labute approximate surface area is 170 Å². The van der Waals surface area contributed by atoms with Crippen LogP contribution in [-0.4, -0.2) is 43.6 Å². The second-order valence-corrected chi connectivity index (χ2v) is 5.98. The summed E-state index contributed by atoms with van der Waals surface area (Å²) in [6.45, 7) is 0.950. The first kappa shape index (κ1) is 20.3. The number of nitrogens with one attached hydrogen (secondary N) is 1. The molecule has 1 heterocycles. The summed E-state index contributed by atoms with van der Waals surface area (Å²) in [4.78, 5) is 35.2. The number of esters is 1. The van der Waals surface area contributed by atoms with Crippen LogP contribution in [0.1, 0.15) is 11.4 Å². The van der Waals surface area contributed by atoms with E-state index in [9.17, 15) is 19.7 Å². The number of aryl methyl sites for hydroxylation is 1. The topological polar surface area (TPSA) is 142 Å². The minimum atomic E-state index is -0.841. The summed E-state index contributed by atoms with van der Waals surface area (Å²) in [5.41, 5.74) is 0.428. The molecule has 0 saturated heterocycles. The van der Waals surface area contributed by atoms with Gasteiger partial charge in [-0.25, -0.2) is 4.79 Å². The number of carbonyl (C=O) groups excluding carboxylic acids is 2. The zero-order valence-corrected chi connectivity index (χ0v) is 15.8. The highest BCUT2D eigenvalue weighted by molar-refractivity contribution is 6.15. The van der Waals surface area contributed by atoms with E-state index in [1.165, 1.54) is 35.0 Å². The molecular weight excluding hydrogens is 392 g/mol. The molecule has 2 aromatic carbocycles. The third-order valence-electron chi connectivity index (χ3n) is 3.87. The van der Waals surface area contributed by atoms with Gasteiger partial charge in [0.25, 0.3) is 11.6 Å². The van der Waals surface area contributed by atoms with Gasteiger partial charge in [-0.15, -0.1) is 5.10 Å². The summed E-state index contributed by atoms with van der Waals surface area (Å²) in [5.74, 6) is -1.23. The zero-order valence-electron chi connectivity index (χ0n) is 15.8. The van der Waals surface area contributed by atoms with Crippen LogP contribution in [0, 0.1) is 17.0 Å². The van der Waals surface area contributed by atoms with Gasteiger partial charge >= 0.3 is 5.97 Å². The number of nitro benzene ring substituents is 1. The summed E-state index contributed by atoms with van der Waals surface area (Å²) >= 11 is 0. The van der Waals surface area contributed by atoms with E-state index in [-0.39, 0.29) is 17.1 Å². The van der Waals surface area contributed by atoms with E-state index in [1.54, 1.807) is 31.2 Å². The van der Waals surface area contributed by atoms with Crippen molar-refractivity contribution in [2.45, 2.75) is 6.92 Å². The second-order valence-electron chi connectivity index (χ2n) is 5.98. The number of aromatic nitrogens is 4. The van der Waals surface area contributed by atoms with E-state index in [0.717, 1.165) is 0 Å². The van der Waals surface area contributed by atoms with E-state index in [4.69, 9.17) is 4.74 Å². The van der Waals surface area contributed by atoms with Crippen LogP contribution < -0.4 is 5.32 Å². The molecule has 152 valence electrons. The number of hydrogen-bond donors (Lipinski definition) is 1. The maximum atomic E-state index is 12.6. The number of tetrazole rings is 1. The van der Waals surface area contributed by atoms with Gasteiger partial charge in [-0.1, -0.05) is 42.5 Å². The molecule has 30 heavy (non-hydrogen) atoms. The molecular formula is C19H16N6O5. The zero-order chi connectivity index (χ0) is 21.5. The molecule has 0 spiro atoms. The van der Waals surface area contributed by atoms with Crippen molar-refractivity contribution in [3.8, 4) is 0 Å². The Kier molecular flexibility index (Phi) is 6.23. The molecule has 0 bridgehead atoms. The summed E-state index contributed by atoms with van der Waals surface area (Å²) in [6.07, 6.45) is 1.52. The van der Waals surface area contributed by atoms with E-state index < -0.39 is 23.4 Å². The van der Waals surface area contributed by atoms with Gasteiger partial charge < -0.3 is 10.1 Å². The highest BCUT2D eigenvalue weighted by Gasteiger charge is 2.20. The van der Waals surface area contributed by atoms with Crippen molar-refractivity contribution in [1.82, 2.24) is 20.2 Å². The number of amides is 1. The molecule has 11 nitrogen and oxygen atoms in total. The van der Waals surface area contributed by atoms with Crippen LogP contribution in [0.4, 0.5) is 11.4 Å². The van der Waals surface area contributed by atoms with Crippen LogP contribution >= 0.6 is 0 Å². The first-order valence-electron chi connectivity index (χ1n) is 8.68. The van der Waals surface area contributed by atoms with Crippen molar-refractivity contribution >= 4 is 35.0 Å². The van der Waals surface area contributed by atoms with E-state index >= 15 is 0 Å². The molecule has 0 radical (unpaired) electrons. The molecule has 0 saturated carbocycles. The first-order chi connectivity index (χ1) is 14.5. The minimum absolute atomic E-state index is 0.0000733. The predicted molar refractivity (Wildman–Crippen MR) is 106 cm³/mol. The van der Waals surface area contributed by atoms with Crippen LogP contribution in [-0.2, 0) is 14.3 Å². The van der Waals surface area contributed by atoms with Gasteiger partial charge in [-0.3, -0.25) is 14.9 Å². The smallest absolute Gasteiger partial charge is 0.357 e. The molecule has 0 aliphatic rings. The van der Waals surface area contributed by atoms with Crippen molar-refractivity contribution in [2.75, 3.05) is 11.9 Å². The van der Waals surface area contributed by atoms with Gasteiger partial charge in [0.15, 0.2) is 18.1 Å². The van der Waals surface area contributed by atoms with Crippen molar-refractivity contribution < 1.29 is 19.2 Å². The minimum Gasteiger partial charge on any atom is -0.451 e. The molecule has 1 aromatic heterocycles. The number of ether oxygens (including phenoxy) is 1. The lowest BCUT2D eigenvalue weighted by molar-refractivity contribution is -0.383. The van der Waals surface area contributed by atoms with Crippen molar-refractivity contribution in [3.05, 3.63) is 76.1 Å². The van der Waals surface area contributed by atoms with Crippen LogP contribution in [0.25, 0.3) is 11.8 Å². The number of para-hydroxylation sites is 2. The molecule has 0 unspecified atom stereocenters. The monoisotopic (exact) mass is 408 g/mol. The normalized spacial score (nSPS) is 11.0. The fraction of sp³-hybridized carbons (Fsp3) is 0.105. The molecule has 3 aromatic rings. The van der Waals surface area contributed by atoms with E-state index in [2.05, 4.69) is 20.8 Å². The molecule has 3 rings (SSSR count). The Bertz CT molecular complexity index is 1110. The van der Waals surface area contributed by atoms with Gasteiger partial charge in [0.1, 0.15) is 5.69 Å². The van der Waals surface area contributed by atoms with Gasteiger partial charge in [0, 0.05) is 6.07 Å². The Morgan fingerprint density at radius 3 is 2.53 bits per heavy atom. The summed E-state index contributed by atoms with van der Waals surface area (Å²) in [7, 11) is 0. The number of nitrogens with zero attached hydrogens (tertiary/aromatic N) is 5. The number of rotatable bonds is 7. The quantitative estimate of drug-likeness (QED) is 0.271. The molecule has 0 aliphatic carbocycles. The maximum Gasteiger partial charge on any atom is 0.357 e. The third-order valence-corrected chi connectivity index (χ3v) is 3.87. The van der Waals surface area contributed by atoms with E-state index in [0.29, 0.717) is 11.4 Å². The van der Waals surface area contributed by atoms with Crippen LogP contribution in [0.2, 0.25) is 0 Å². The molecule has 11 heteroatoms. The number of benzene rings is 2. The largest absolute Gasteiger partial charge is 0.451 e. The van der Waals surface area contributed by atoms with Crippen molar-refractivity contribution in [3.63, 3.8) is 0 Å². The summed E-state index contributed by atoms with van der Waals surface area (Å²) in [6, 6.07) is 14.6. The Morgan fingerprint density at radius 2 is 1.87 bits per heavy atom. The highest BCUT2D eigenvalue weighted by atomic mass is 16.6. The fourth-order valence-corrected chi connectivity index (χ4v) is 2.50. The van der Waals surface area contributed by atoms with Crippen molar-refractivity contribution in [2.24, 2.45) is 0 Å². The molecule has 0 fully saturated rings. The molecule has 1 amide bonds. The molecule has 0 atom stereocenters. The van der Waals surface area contributed by atoms with Crippen LogP contribution in [0.15, 0.2) is 54.6 Å². The standard InChI is InChI=1S/C19H16N6O5/c1-13-21-22-23-24(13)17(11-14-7-3-2-4-8-14)19(27)30-12-18(26)20-15-9-5-6-10-16(15)25(28)29/h2-11H,12H2,1H3,(H,20,26). The highest BCUT2D eigenvalue weighted by Crippen LogP contribution is 2.23. The number of hydrogen-bond acceptors (Lipinski definition) is 8. The summed E-state index contributed by atoms with van der Waals surface area (Å²) in [5, 5.41) is 24.4. The Hall–Kier alpha value is -4.41. The van der Waals surface area contributed by atoms with Crippen LogP contribution in [0.3, 0.4) is 0 Å². The lowest BCUT2D eigenvalue weighted by atomic mass is 10.2. The van der Waals surface area contributed by atoms with Crippen LogP contribution in [0.5, 0.6) is 0 Å². The van der Waals surface area contributed by atoms with Gasteiger partial charge in [-0.2, -0.15) is 4.68 Å². The van der Waals surface area contributed by atoms with Gasteiger partial charge in [0.05, 0.1) is 4.92 Å². The van der Waals surface area contributed by atoms with Gasteiger partial charge in [-0.05, 0) is 35.1 Å². The molecule has 0 aliphatic heterocycles. The second kappa shape index (κ2) is 9.19. The number of carbonyl (C=O) groups is 2. The van der Waals surface area contributed by atoms with Crippen molar-refractivity contribution in [1.29, 1.82) is 0 Å². The fourth-order valence-electron chi connectivity index (χ4n) is 2.50. The third kappa shape index (κ3) is 4.90. The average molecular weight is 408 g/mol. The Balaban J connectivity index is 1.74. The first-order valence-corrected chi connectivity index (χ1v) is 8.68. The number of anilines is 1. The average Bonchev–Trinajstić information content (AvgIpc) is 3.16. The maximum absolute atomic E-state index is 12.6. The number of nitro groups is 1. The Morgan fingerprint density at radius 1 is 1.17 bits per heavy atom.